The van der Waals surface area contributed by atoms with Crippen LogP contribution >= 0.6 is 0 Å². The molecule has 0 atom stereocenters. The molecule has 1 amide bonds. The molecule has 6 rings (SSSR count). The Morgan fingerprint density at radius 2 is 1.84 bits per heavy atom. The third kappa shape index (κ3) is 4.18. The van der Waals surface area contributed by atoms with E-state index in [1.165, 1.54) is 12.1 Å². The van der Waals surface area contributed by atoms with Gasteiger partial charge in [-0.3, -0.25) is 19.9 Å². The number of hydrogen-bond acceptors (Lipinski definition) is 6. The minimum atomic E-state index is -0.341. The van der Waals surface area contributed by atoms with Crippen molar-refractivity contribution in [1.29, 1.82) is 0 Å². The van der Waals surface area contributed by atoms with E-state index in [1.54, 1.807) is 36.9 Å². The van der Waals surface area contributed by atoms with Crippen LogP contribution in [0.2, 0.25) is 0 Å². The number of rotatable bonds is 5. The van der Waals surface area contributed by atoms with E-state index in [9.17, 15) is 9.18 Å². The molecule has 0 radical (unpaired) electrons. The molecular weight excluding hydrogens is 471 g/mol. The number of amides is 1. The lowest BCUT2D eigenvalue weighted by molar-refractivity contribution is -0.118. The summed E-state index contributed by atoms with van der Waals surface area (Å²) in [4.78, 5) is 33.4. The Bertz CT molecular complexity index is 1790. The smallest absolute Gasteiger partial charge is 0.226 e. The molecular formula is C27H21FN8O. The number of carbonyl (C=O) groups is 1. The van der Waals surface area contributed by atoms with Gasteiger partial charge in [-0.25, -0.2) is 14.4 Å². The van der Waals surface area contributed by atoms with Gasteiger partial charge in [0.05, 0.1) is 28.5 Å². The monoisotopic (exact) mass is 492 g/mol. The van der Waals surface area contributed by atoms with Gasteiger partial charge in [0.25, 0.3) is 0 Å². The van der Waals surface area contributed by atoms with E-state index in [-0.39, 0.29) is 17.6 Å². The Kier molecular flexibility index (Phi) is 5.41. The molecule has 0 spiro atoms. The van der Waals surface area contributed by atoms with Crippen LogP contribution in [0.1, 0.15) is 13.8 Å². The van der Waals surface area contributed by atoms with Crippen molar-refractivity contribution in [2.24, 2.45) is 5.92 Å². The largest absolute Gasteiger partial charge is 0.336 e. The lowest BCUT2D eigenvalue weighted by Gasteiger charge is -2.09. The molecule has 6 aromatic rings. The number of fused-ring (bicyclic) bond motifs is 2. The maximum atomic E-state index is 13.9. The molecule has 1 aromatic carbocycles. The second kappa shape index (κ2) is 8.90. The minimum Gasteiger partial charge on any atom is -0.336 e. The molecule has 5 aromatic heterocycles. The van der Waals surface area contributed by atoms with Crippen molar-refractivity contribution in [3.8, 4) is 33.9 Å². The topological polar surface area (TPSA) is 125 Å². The summed E-state index contributed by atoms with van der Waals surface area (Å²) in [5, 5.41) is 11.0. The molecule has 0 aliphatic carbocycles. The van der Waals surface area contributed by atoms with Crippen molar-refractivity contribution in [1.82, 2.24) is 35.1 Å². The molecule has 0 unspecified atom stereocenters. The molecule has 9 nitrogen and oxygen atoms in total. The SMILES string of the molecule is CC(C)C(=O)Nc1cncc(-c2cnc3[nH]nc(-c4nc5c(-c6cccc(F)c6)nccc5[nH]4)c3c2)c1. The van der Waals surface area contributed by atoms with Gasteiger partial charge in [-0.15, -0.1) is 0 Å². The van der Waals surface area contributed by atoms with Gasteiger partial charge in [-0.1, -0.05) is 26.0 Å². The van der Waals surface area contributed by atoms with E-state index in [4.69, 9.17) is 4.98 Å². The third-order valence-electron chi connectivity index (χ3n) is 6.00. The van der Waals surface area contributed by atoms with Gasteiger partial charge >= 0.3 is 0 Å². The molecule has 5 heterocycles. The highest BCUT2D eigenvalue weighted by Gasteiger charge is 2.17. The first-order valence-corrected chi connectivity index (χ1v) is 11.7. The number of anilines is 1. The zero-order valence-corrected chi connectivity index (χ0v) is 20.0. The first kappa shape index (κ1) is 22.5. The minimum absolute atomic E-state index is 0.0818. The van der Waals surface area contributed by atoms with E-state index in [0.29, 0.717) is 39.6 Å². The van der Waals surface area contributed by atoms with Gasteiger partial charge in [-0.2, -0.15) is 5.10 Å². The summed E-state index contributed by atoms with van der Waals surface area (Å²) in [5.74, 6) is -0.0366. The van der Waals surface area contributed by atoms with Gasteiger partial charge in [0.2, 0.25) is 5.91 Å². The molecule has 0 aliphatic heterocycles. The van der Waals surface area contributed by atoms with E-state index in [0.717, 1.165) is 22.0 Å². The fourth-order valence-electron chi connectivity index (χ4n) is 4.09. The van der Waals surface area contributed by atoms with E-state index in [1.807, 2.05) is 32.0 Å². The summed E-state index contributed by atoms with van der Waals surface area (Å²) in [5.41, 5.74) is 5.97. The van der Waals surface area contributed by atoms with Crippen LogP contribution in [0.4, 0.5) is 10.1 Å². The van der Waals surface area contributed by atoms with Crippen LogP contribution < -0.4 is 5.32 Å². The van der Waals surface area contributed by atoms with Gasteiger partial charge in [0.15, 0.2) is 11.5 Å². The van der Waals surface area contributed by atoms with Crippen molar-refractivity contribution in [2.45, 2.75) is 13.8 Å². The predicted octanol–water partition coefficient (Wildman–Crippen LogP) is 5.36. The highest BCUT2D eigenvalue weighted by molar-refractivity contribution is 5.96. The number of imidazole rings is 1. The highest BCUT2D eigenvalue weighted by Crippen LogP contribution is 2.32. The number of aromatic nitrogens is 7. The maximum absolute atomic E-state index is 13.9. The zero-order chi connectivity index (χ0) is 25.5. The number of pyridine rings is 3. The summed E-state index contributed by atoms with van der Waals surface area (Å²) in [6, 6.07) is 11.9. The van der Waals surface area contributed by atoms with Crippen molar-refractivity contribution in [3.63, 3.8) is 0 Å². The van der Waals surface area contributed by atoms with Crippen LogP contribution in [-0.4, -0.2) is 41.0 Å². The fraction of sp³-hybridized carbons (Fsp3) is 0.111. The van der Waals surface area contributed by atoms with E-state index < -0.39 is 0 Å². The predicted molar refractivity (Wildman–Crippen MR) is 139 cm³/mol. The number of nitrogens with one attached hydrogen (secondary N) is 3. The quantitative estimate of drug-likeness (QED) is 0.298. The summed E-state index contributed by atoms with van der Waals surface area (Å²) >= 11 is 0. The van der Waals surface area contributed by atoms with Gasteiger partial charge in [0.1, 0.15) is 17.0 Å². The van der Waals surface area contributed by atoms with Crippen molar-refractivity contribution in [3.05, 3.63) is 73.1 Å². The Hall–Kier alpha value is -4.99. The summed E-state index contributed by atoms with van der Waals surface area (Å²) in [6.45, 7) is 3.67. The standard InChI is InChI=1S/C27H21FN8O/c1-14(2)27(37)32-19-9-16(11-29-13-19)17-10-20-23(35-36-25(20)31-12-17)26-33-21-6-7-30-22(24(21)34-26)15-4-3-5-18(28)8-15/h3-14H,1-2H3,(H,32,37)(H,33,34)(H,31,35,36). The van der Waals surface area contributed by atoms with E-state index in [2.05, 4.69) is 35.5 Å². The van der Waals surface area contributed by atoms with Crippen LogP contribution in [0.25, 0.3) is 56.0 Å². The molecule has 0 saturated heterocycles. The lowest BCUT2D eigenvalue weighted by atomic mass is 10.1. The summed E-state index contributed by atoms with van der Waals surface area (Å²) in [7, 11) is 0. The number of benzene rings is 1. The number of hydrogen-bond donors (Lipinski definition) is 3. The van der Waals surface area contributed by atoms with Crippen LogP contribution in [0.3, 0.4) is 0 Å². The highest BCUT2D eigenvalue weighted by atomic mass is 19.1. The number of aromatic amines is 2. The number of H-pyrrole nitrogens is 2. The first-order chi connectivity index (χ1) is 18.0. The second-order valence-electron chi connectivity index (χ2n) is 8.95. The first-order valence-electron chi connectivity index (χ1n) is 11.7. The van der Waals surface area contributed by atoms with Crippen LogP contribution in [0.5, 0.6) is 0 Å². The van der Waals surface area contributed by atoms with Gasteiger partial charge < -0.3 is 10.3 Å². The fourth-order valence-corrected chi connectivity index (χ4v) is 4.09. The Morgan fingerprint density at radius 3 is 2.68 bits per heavy atom. The molecule has 10 heteroatoms. The molecule has 3 N–H and O–H groups in total. The average Bonchev–Trinajstić information content (AvgIpc) is 3.52. The Balaban J connectivity index is 1.41. The van der Waals surface area contributed by atoms with Crippen LogP contribution in [0.15, 0.2) is 67.3 Å². The van der Waals surface area contributed by atoms with Gasteiger partial charge in [-0.05, 0) is 30.3 Å². The molecule has 0 aliphatic rings. The Labute approximate surface area is 210 Å². The van der Waals surface area contributed by atoms with Crippen LogP contribution in [0, 0.1) is 11.7 Å². The van der Waals surface area contributed by atoms with Crippen molar-refractivity contribution < 1.29 is 9.18 Å². The summed E-state index contributed by atoms with van der Waals surface area (Å²) in [6.07, 6.45) is 6.70. The molecule has 0 fully saturated rings. The molecule has 182 valence electrons. The van der Waals surface area contributed by atoms with Gasteiger partial charge in [0, 0.05) is 41.2 Å². The van der Waals surface area contributed by atoms with Crippen LogP contribution in [-0.2, 0) is 4.79 Å². The zero-order valence-electron chi connectivity index (χ0n) is 20.0. The number of carbonyl (C=O) groups excluding carboxylic acids is 1. The molecule has 0 saturated carbocycles. The third-order valence-corrected chi connectivity index (χ3v) is 6.00. The van der Waals surface area contributed by atoms with Crippen molar-refractivity contribution in [2.75, 3.05) is 5.32 Å². The van der Waals surface area contributed by atoms with E-state index >= 15 is 0 Å². The van der Waals surface area contributed by atoms with Crippen molar-refractivity contribution >= 4 is 33.7 Å². The average molecular weight is 493 g/mol. The maximum Gasteiger partial charge on any atom is 0.226 e. The molecule has 0 bridgehead atoms. The lowest BCUT2D eigenvalue weighted by Crippen LogP contribution is -2.17. The number of halogens is 1. The Morgan fingerprint density at radius 1 is 0.973 bits per heavy atom. The summed E-state index contributed by atoms with van der Waals surface area (Å²) < 4.78 is 13.9. The molecule has 37 heavy (non-hydrogen) atoms. The second-order valence-corrected chi connectivity index (χ2v) is 8.95. The number of nitrogens with zero attached hydrogens (tertiary/aromatic N) is 5. The normalized spacial score (nSPS) is 11.5.